The Morgan fingerprint density at radius 1 is 0.900 bits per heavy atom. The molecule has 1 amide bonds. The fourth-order valence-electron chi connectivity index (χ4n) is 4.25. The van der Waals surface area contributed by atoms with Crippen LogP contribution in [0.3, 0.4) is 0 Å². The minimum atomic E-state index is -2.07. The van der Waals surface area contributed by atoms with Crippen molar-refractivity contribution in [3.8, 4) is 39.9 Å². The number of carbonyl (C=O) groups excluding carboxylic acids is 1. The highest BCUT2D eigenvalue weighted by Crippen LogP contribution is 2.49. The highest BCUT2D eigenvalue weighted by molar-refractivity contribution is 6.74. The summed E-state index contributed by atoms with van der Waals surface area (Å²) in [4.78, 5) is 14.9. The van der Waals surface area contributed by atoms with E-state index in [4.69, 9.17) is 23.4 Å². The number of nitrogens with zero attached hydrogens (tertiary/aromatic N) is 1. The number of benzene rings is 3. The van der Waals surface area contributed by atoms with Crippen LogP contribution in [0.15, 0.2) is 42.5 Å². The second-order valence-corrected chi connectivity index (χ2v) is 16.3. The molecule has 0 radical (unpaired) electrons. The molecule has 0 spiro atoms. The lowest BCUT2D eigenvalue weighted by atomic mass is 9.97. The number of carbonyl (C=O) groups is 1. The molecule has 7 nitrogen and oxygen atoms in total. The summed E-state index contributed by atoms with van der Waals surface area (Å²) in [6, 6.07) is 13.4. The molecule has 0 aliphatic rings. The van der Waals surface area contributed by atoms with Crippen LogP contribution in [-0.2, 0) is 0 Å². The lowest BCUT2D eigenvalue weighted by molar-refractivity contribution is 0.158. The number of hydrogen-bond acceptors (Lipinski definition) is 6. The molecule has 3 rings (SSSR count). The summed E-state index contributed by atoms with van der Waals surface area (Å²) >= 11 is 0. The molecular formula is C32H45NO6Si. The Morgan fingerprint density at radius 2 is 1.55 bits per heavy atom. The number of methoxy groups -OCH3 is 2. The van der Waals surface area contributed by atoms with Crippen molar-refractivity contribution in [2.75, 3.05) is 27.3 Å². The Balaban J connectivity index is 2.30. The van der Waals surface area contributed by atoms with E-state index in [-0.39, 0.29) is 11.1 Å². The molecule has 0 atom stereocenters. The zero-order chi connectivity index (χ0) is 29.8. The zero-order valence-corrected chi connectivity index (χ0v) is 26.9. The van der Waals surface area contributed by atoms with Gasteiger partial charge in [-0.2, -0.15) is 0 Å². The van der Waals surface area contributed by atoms with Gasteiger partial charge in [0.15, 0.2) is 0 Å². The summed E-state index contributed by atoms with van der Waals surface area (Å²) < 4.78 is 30.6. The van der Waals surface area contributed by atoms with Crippen molar-refractivity contribution in [2.45, 2.75) is 72.7 Å². The van der Waals surface area contributed by atoms with E-state index in [1.54, 1.807) is 19.1 Å². The van der Waals surface area contributed by atoms with Crippen LogP contribution in [0.5, 0.6) is 28.7 Å². The maximum absolute atomic E-state index is 13.3. The topological polar surface area (TPSA) is 66.5 Å². The number of amides is 1. The van der Waals surface area contributed by atoms with Gasteiger partial charge in [0.2, 0.25) is 8.32 Å². The van der Waals surface area contributed by atoms with Gasteiger partial charge in [0.05, 0.1) is 25.7 Å². The Bertz CT molecular complexity index is 1340. The van der Waals surface area contributed by atoms with Gasteiger partial charge in [-0.1, -0.05) is 32.9 Å². The van der Waals surface area contributed by atoms with Gasteiger partial charge in [-0.25, -0.2) is 4.79 Å². The van der Waals surface area contributed by atoms with Crippen LogP contribution in [0.1, 0.15) is 48.5 Å². The number of rotatable bonds is 10. The van der Waals surface area contributed by atoms with Crippen LogP contribution in [-0.4, -0.2) is 52.7 Å². The molecule has 0 bridgehead atoms. The second-order valence-electron chi connectivity index (χ2n) is 11.6. The van der Waals surface area contributed by atoms with Gasteiger partial charge in [0.1, 0.15) is 28.7 Å². The van der Waals surface area contributed by atoms with E-state index in [0.29, 0.717) is 47.0 Å². The molecule has 8 heteroatoms. The van der Waals surface area contributed by atoms with Crippen LogP contribution < -0.4 is 23.4 Å². The molecule has 0 aliphatic carbocycles. The summed E-state index contributed by atoms with van der Waals surface area (Å²) in [6.45, 7) is 19.9. The molecule has 3 aromatic carbocycles. The van der Waals surface area contributed by atoms with Crippen molar-refractivity contribution in [1.82, 2.24) is 4.90 Å². The van der Waals surface area contributed by atoms with Crippen molar-refractivity contribution >= 4 is 25.2 Å². The monoisotopic (exact) mass is 567 g/mol. The molecule has 0 unspecified atom stereocenters. The maximum Gasteiger partial charge on any atom is 0.415 e. The second kappa shape index (κ2) is 12.4. The fourth-order valence-corrected chi connectivity index (χ4v) is 5.27. The molecule has 0 heterocycles. The number of hydrogen-bond donors (Lipinski definition) is 0. The fraction of sp³-hybridized carbons (Fsp3) is 0.469. The highest BCUT2D eigenvalue weighted by atomic mass is 28.4. The summed E-state index contributed by atoms with van der Waals surface area (Å²) in [5.74, 6) is 3.02. The van der Waals surface area contributed by atoms with E-state index < -0.39 is 14.4 Å². The van der Waals surface area contributed by atoms with Gasteiger partial charge in [0.25, 0.3) is 0 Å². The van der Waals surface area contributed by atoms with Gasteiger partial charge in [-0.3, -0.25) is 0 Å². The van der Waals surface area contributed by atoms with E-state index in [2.05, 4.69) is 33.9 Å². The van der Waals surface area contributed by atoms with Crippen LogP contribution >= 0.6 is 0 Å². The van der Waals surface area contributed by atoms with Gasteiger partial charge >= 0.3 is 6.09 Å². The number of fused-ring (bicyclic) bond motifs is 1. The third kappa shape index (κ3) is 6.49. The minimum absolute atomic E-state index is 0.0478. The van der Waals surface area contributed by atoms with Gasteiger partial charge in [0, 0.05) is 35.7 Å². The predicted molar refractivity (Wildman–Crippen MR) is 165 cm³/mol. The molecule has 0 aromatic heterocycles. The van der Waals surface area contributed by atoms with E-state index >= 15 is 0 Å². The summed E-state index contributed by atoms with van der Waals surface area (Å²) in [5.41, 5.74) is 1.42. The SMILES string of the molecule is CCN(CC)C(=O)Oc1c(-c2ccc(O[Si](C)(C)C(C)(C)C)cc2OC)cc(OC)c2c(OC(C)C)cccc12. The van der Waals surface area contributed by atoms with Crippen molar-refractivity contribution in [1.29, 1.82) is 0 Å². The molecule has 0 fully saturated rings. The van der Waals surface area contributed by atoms with E-state index in [9.17, 15) is 4.79 Å². The quantitative estimate of drug-likeness (QED) is 0.229. The Hall–Kier alpha value is -3.39. The molecule has 40 heavy (non-hydrogen) atoms. The first kappa shape index (κ1) is 31.1. The molecular weight excluding hydrogens is 522 g/mol. The maximum atomic E-state index is 13.3. The van der Waals surface area contributed by atoms with Crippen molar-refractivity contribution in [2.24, 2.45) is 0 Å². The van der Waals surface area contributed by atoms with E-state index in [1.165, 1.54) is 0 Å². The normalized spacial score (nSPS) is 11.9. The Kier molecular flexibility index (Phi) is 9.67. The van der Waals surface area contributed by atoms with Crippen LogP contribution in [0.2, 0.25) is 18.1 Å². The molecule has 3 aromatic rings. The highest BCUT2D eigenvalue weighted by Gasteiger charge is 2.39. The molecule has 0 saturated carbocycles. The van der Waals surface area contributed by atoms with Gasteiger partial charge in [-0.05, 0) is 70.1 Å². The predicted octanol–water partition coefficient (Wildman–Crippen LogP) is 8.54. The molecule has 0 saturated heterocycles. The molecule has 0 aliphatic heterocycles. The Labute approximate surface area is 240 Å². The zero-order valence-electron chi connectivity index (χ0n) is 25.9. The van der Waals surface area contributed by atoms with Gasteiger partial charge in [-0.15, -0.1) is 0 Å². The van der Waals surface area contributed by atoms with Gasteiger partial charge < -0.3 is 28.3 Å². The first-order valence-corrected chi connectivity index (χ1v) is 16.8. The van der Waals surface area contributed by atoms with Crippen LogP contribution in [0.25, 0.3) is 21.9 Å². The minimum Gasteiger partial charge on any atom is -0.543 e. The van der Waals surface area contributed by atoms with Crippen LogP contribution in [0.4, 0.5) is 4.79 Å². The summed E-state index contributed by atoms with van der Waals surface area (Å²) in [5, 5.41) is 1.49. The lowest BCUT2D eigenvalue weighted by Gasteiger charge is -2.36. The number of ether oxygens (including phenoxy) is 4. The standard InChI is InChI=1S/C32H45NO6Si/c1-12-33(13-2)31(34)38-30-24-15-14-16-26(37-21(3)4)29(24)28(36-9)20-25(30)23-18-17-22(19-27(23)35-8)39-40(10,11)32(5,6)7/h14-21H,12-13H2,1-11H3. The van der Waals surface area contributed by atoms with Crippen LogP contribution in [0, 0.1) is 0 Å². The molecule has 0 N–H and O–H groups in total. The smallest absolute Gasteiger partial charge is 0.415 e. The lowest BCUT2D eigenvalue weighted by Crippen LogP contribution is -2.43. The van der Waals surface area contributed by atoms with Crippen molar-refractivity contribution in [3.63, 3.8) is 0 Å². The summed E-state index contributed by atoms with van der Waals surface area (Å²) in [6.07, 6.45) is -0.477. The average Bonchev–Trinajstić information content (AvgIpc) is 2.88. The Morgan fingerprint density at radius 3 is 2.10 bits per heavy atom. The largest absolute Gasteiger partial charge is 0.543 e. The average molecular weight is 568 g/mol. The third-order valence-corrected chi connectivity index (χ3v) is 11.8. The third-order valence-electron chi connectivity index (χ3n) is 7.47. The van der Waals surface area contributed by atoms with E-state index in [1.807, 2.05) is 70.2 Å². The van der Waals surface area contributed by atoms with E-state index in [0.717, 1.165) is 16.7 Å². The first-order valence-electron chi connectivity index (χ1n) is 13.9. The summed E-state index contributed by atoms with van der Waals surface area (Å²) in [7, 11) is 1.19. The van der Waals surface area contributed by atoms with Crippen molar-refractivity contribution in [3.05, 3.63) is 42.5 Å². The van der Waals surface area contributed by atoms with Crippen molar-refractivity contribution < 1.29 is 28.2 Å². The first-order chi connectivity index (χ1) is 18.8. The molecule has 218 valence electrons.